The zero-order valence-corrected chi connectivity index (χ0v) is 18.9. The maximum Gasteiger partial charge on any atom is 0.240 e. The van der Waals surface area contributed by atoms with Crippen LogP contribution in [0.3, 0.4) is 0 Å². The number of likely N-dealkylation sites (tertiary alicyclic amines) is 1. The molecule has 6 heteroatoms. The fraction of sp³-hybridized carbons (Fsp3) is 0.417. The van der Waals surface area contributed by atoms with E-state index in [2.05, 4.69) is 62.4 Å². The number of benzene rings is 1. The highest BCUT2D eigenvalue weighted by molar-refractivity contribution is 7.09. The number of aromatic nitrogens is 2. The van der Waals surface area contributed by atoms with Gasteiger partial charge in [-0.2, -0.15) is 0 Å². The van der Waals surface area contributed by atoms with Crippen molar-refractivity contribution in [2.75, 3.05) is 13.1 Å². The van der Waals surface area contributed by atoms with Crippen molar-refractivity contribution in [2.24, 2.45) is 0 Å². The Morgan fingerprint density at radius 1 is 1.13 bits per heavy atom. The van der Waals surface area contributed by atoms with Gasteiger partial charge in [-0.15, -0.1) is 11.3 Å². The SMILES string of the molecule is Cc1nc(-c2cc(C)n(CC(=O)NCc3ccccc3CN3CCCC3)c2C)cs1. The summed E-state index contributed by atoms with van der Waals surface area (Å²) in [5.74, 6) is 0.0359. The first-order valence-corrected chi connectivity index (χ1v) is 11.5. The highest BCUT2D eigenvalue weighted by atomic mass is 32.1. The molecule has 0 spiro atoms. The molecule has 1 fully saturated rings. The summed E-state index contributed by atoms with van der Waals surface area (Å²) in [5, 5.41) is 6.27. The number of hydrogen-bond acceptors (Lipinski definition) is 4. The van der Waals surface area contributed by atoms with Gasteiger partial charge in [0.05, 0.1) is 10.7 Å². The van der Waals surface area contributed by atoms with Crippen LogP contribution in [0.2, 0.25) is 0 Å². The van der Waals surface area contributed by atoms with Crippen molar-refractivity contribution in [1.29, 1.82) is 0 Å². The number of rotatable bonds is 7. The molecule has 0 atom stereocenters. The topological polar surface area (TPSA) is 50.2 Å². The Hall–Kier alpha value is -2.44. The van der Waals surface area contributed by atoms with E-state index in [4.69, 9.17) is 0 Å². The number of carbonyl (C=O) groups excluding carboxylic acids is 1. The summed E-state index contributed by atoms with van der Waals surface area (Å²) in [6.07, 6.45) is 2.58. The van der Waals surface area contributed by atoms with Gasteiger partial charge < -0.3 is 9.88 Å². The third-order valence-electron chi connectivity index (χ3n) is 5.96. The first kappa shape index (κ1) is 20.8. The van der Waals surface area contributed by atoms with Crippen LogP contribution < -0.4 is 5.32 Å². The van der Waals surface area contributed by atoms with Crippen LogP contribution in [0.25, 0.3) is 11.3 Å². The molecule has 1 saturated heterocycles. The number of aryl methyl sites for hydroxylation is 2. The quantitative estimate of drug-likeness (QED) is 0.612. The van der Waals surface area contributed by atoms with Crippen molar-refractivity contribution in [1.82, 2.24) is 19.8 Å². The summed E-state index contributed by atoms with van der Waals surface area (Å²) in [4.78, 5) is 19.8. The summed E-state index contributed by atoms with van der Waals surface area (Å²) < 4.78 is 2.08. The van der Waals surface area contributed by atoms with Crippen molar-refractivity contribution in [3.63, 3.8) is 0 Å². The molecule has 1 aliphatic rings. The predicted molar refractivity (Wildman–Crippen MR) is 123 cm³/mol. The average Bonchev–Trinajstić information content (AvgIpc) is 3.45. The molecule has 5 nitrogen and oxygen atoms in total. The molecule has 2 aromatic heterocycles. The van der Waals surface area contributed by atoms with Crippen LogP contribution in [0.5, 0.6) is 0 Å². The van der Waals surface area contributed by atoms with E-state index in [0.29, 0.717) is 13.1 Å². The first-order valence-electron chi connectivity index (χ1n) is 10.7. The van der Waals surface area contributed by atoms with Gasteiger partial charge in [0.2, 0.25) is 5.91 Å². The minimum Gasteiger partial charge on any atom is -0.350 e. The number of amides is 1. The van der Waals surface area contributed by atoms with E-state index in [1.54, 1.807) is 11.3 Å². The summed E-state index contributed by atoms with van der Waals surface area (Å²) in [6, 6.07) is 10.6. The Kier molecular flexibility index (Phi) is 6.35. The largest absolute Gasteiger partial charge is 0.350 e. The van der Waals surface area contributed by atoms with Crippen LogP contribution in [-0.4, -0.2) is 33.4 Å². The molecule has 0 bridgehead atoms. The predicted octanol–water partition coefficient (Wildman–Crippen LogP) is 4.45. The molecule has 0 unspecified atom stereocenters. The fourth-order valence-corrected chi connectivity index (χ4v) is 4.86. The molecule has 0 aliphatic carbocycles. The van der Waals surface area contributed by atoms with Crippen molar-refractivity contribution in [2.45, 2.75) is 53.2 Å². The molecule has 3 heterocycles. The van der Waals surface area contributed by atoms with E-state index in [-0.39, 0.29) is 5.91 Å². The molecule has 30 heavy (non-hydrogen) atoms. The number of nitrogens with one attached hydrogen (secondary N) is 1. The summed E-state index contributed by atoms with van der Waals surface area (Å²) in [5.41, 5.74) is 6.79. The van der Waals surface area contributed by atoms with Gasteiger partial charge in [-0.1, -0.05) is 24.3 Å². The zero-order valence-electron chi connectivity index (χ0n) is 18.1. The molecule has 1 aromatic carbocycles. The number of nitrogens with zero attached hydrogens (tertiary/aromatic N) is 3. The molecule has 1 N–H and O–H groups in total. The summed E-state index contributed by atoms with van der Waals surface area (Å²) >= 11 is 1.65. The molecular weight excluding hydrogens is 392 g/mol. The second kappa shape index (κ2) is 9.14. The molecule has 0 saturated carbocycles. The lowest BCUT2D eigenvalue weighted by molar-refractivity contribution is -0.121. The smallest absolute Gasteiger partial charge is 0.240 e. The zero-order chi connectivity index (χ0) is 21.1. The summed E-state index contributed by atoms with van der Waals surface area (Å²) in [6.45, 7) is 10.3. The highest BCUT2D eigenvalue weighted by Crippen LogP contribution is 2.28. The Balaban J connectivity index is 1.41. The average molecular weight is 423 g/mol. The van der Waals surface area contributed by atoms with Crippen molar-refractivity contribution in [3.8, 4) is 11.3 Å². The third-order valence-corrected chi connectivity index (χ3v) is 6.73. The van der Waals surface area contributed by atoms with Crippen molar-refractivity contribution >= 4 is 17.2 Å². The van der Waals surface area contributed by atoms with Crippen LogP contribution in [0.1, 0.15) is 40.4 Å². The Bertz CT molecular complexity index is 1030. The third kappa shape index (κ3) is 4.65. The van der Waals surface area contributed by atoms with Gasteiger partial charge in [0, 0.05) is 35.4 Å². The van der Waals surface area contributed by atoms with Crippen LogP contribution in [0.15, 0.2) is 35.7 Å². The van der Waals surface area contributed by atoms with E-state index in [0.717, 1.165) is 34.2 Å². The fourth-order valence-electron chi connectivity index (χ4n) is 4.25. The van der Waals surface area contributed by atoms with E-state index in [1.807, 2.05) is 13.8 Å². The molecule has 4 rings (SSSR count). The Morgan fingerprint density at radius 3 is 2.57 bits per heavy atom. The van der Waals surface area contributed by atoms with Gasteiger partial charge in [-0.25, -0.2) is 4.98 Å². The second-order valence-corrected chi connectivity index (χ2v) is 9.21. The van der Waals surface area contributed by atoms with Crippen LogP contribution in [0, 0.1) is 20.8 Å². The number of carbonyl (C=O) groups is 1. The lowest BCUT2D eigenvalue weighted by atomic mass is 10.1. The number of thiazole rings is 1. The van der Waals surface area contributed by atoms with Gasteiger partial charge in [-0.3, -0.25) is 9.69 Å². The molecule has 158 valence electrons. The minimum absolute atomic E-state index is 0.0359. The molecule has 0 radical (unpaired) electrons. The molecule has 1 aliphatic heterocycles. The van der Waals surface area contributed by atoms with Gasteiger partial charge in [0.15, 0.2) is 0 Å². The lowest BCUT2D eigenvalue weighted by Crippen LogP contribution is -2.28. The molecule has 3 aromatic rings. The van der Waals surface area contributed by atoms with Gasteiger partial charge in [-0.05, 0) is 63.9 Å². The Morgan fingerprint density at radius 2 is 1.87 bits per heavy atom. The van der Waals surface area contributed by atoms with E-state index in [1.165, 1.54) is 37.1 Å². The van der Waals surface area contributed by atoms with Gasteiger partial charge in [0.25, 0.3) is 0 Å². The minimum atomic E-state index is 0.0359. The number of hydrogen-bond donors (Lipinski definition) is 1. The standard InChI is InChI=1S/C24H30N4OS/c1-17-12-22(23-16-30-19(3)26-23)18(2)28(17)15-24(29)25-13-20-8-4-5-9-21(20)14-27-10-6-7-11-27/h4-5,8-9,12,16H,6-7,10-11,13-15H2,1-3H3,(H,25,29). The van der Waals surface area contributed by atoms with E-state index in [9.17, 15) is 4.79 Å². The monoisotopic (exact) mass is 422 g/mol. The molecular formula is C24H30N4OS. The van der Waals surface area contributed by atoms with Crippen LogP contribution in [-0.2, 0) is 24.4 Å². The van der Waals surface area contributed by atoms with E-state index < -0.39 is 0 Å². The highest BCUT2D eigenvalue weighted by Gasteiger charge is 2.16. The molecule has 1 amide bonds. The van der Waals surface area contributed by atoms with E-state index >= 15 is 0 Å². The van der Waals surface area contributed by atoms with Crippen molar-refractivity contribution in [3.05, 3.63) is 63.2 Å². The second-order valence-electron chi connectivity index (χ2n) is 8.15. The normalized spacial score (nSPS) is 14.4. The van der Waals surface area contributed by atoms with Gasteiger partial charge >= 0.3 is 0 Å². The van der Waals surface area contributed by atoms with Gasteiger partial charge in [0.1, 0.15) is 6.54 Å². The summed E-state index contributed by atoms with van der Waals surface area (Å²) in [7, 11) is 0. The first-order chi connectivity index (χ1) is 14.5. The maximum absolute atomic E-state index is 12.7. The van der Waals surface area contributed by atoms with Crippen LogP contribution >= 0.6 is 11.3 Å². The van der Waals surface area contributed by atoms with Crippen LogP contribution in [0.4, 0.5) is 0 Å². The Labute approximate surface area is 182 Å². The maximum atomic E-state index is 12.7. The van der Waals surface area contributed by atoms with Crippen molar-refractivity contribution < 1.29 is 4.79 Å². The lowest BCUT2D eigenvalue weighted by Gasteiger charge is -2.18.